The predicted octanol–water partition coefficient (Wildman–Crippen LogP) is 6.52. The molecule has 0 atom stereocenters. The molecule has 0 spiro atoms. The van der Waals surface area contributed by atoms with Crippen molar-refractivity contribution in [2.45, 2.75) is 33.5 Å². The van der Waals surface area contributed by atoms with Crippen molar-refractivity contribution in [3.8, 4) is 22.5 Å². The zero-order chi connectivity index (χ0) is 25.4. The van der Waals surface area contributed by atoms with Gasteiger partial charge in [0, 0.05) is 23.1 Å². The van der Waals surface area contributed by atoms with Gasteiger partial charge in [0.25, 0.3) is 0 Å². The molecule has 0 saturated carbocycles. The molecule has 0 aliphatic rings. The van der Waals surface area contributed by atoms with E-state index < -0.39 is 28.0 Å². The normalized spacial score (nSPS) is 12.0. The van der Waals surface area contributed by atoms with Gasteiger partial charge in [-0.1, -0.05) is 56.1 Å². The largest absolute Gasteiger partial charge is 0.417 e. The van der Waals surface area contributed by atoms with E-state index in [1.54, 1.807) is 20.8 Å². The summed E-state index contributed by atoms with van der Waals surface area (Å²) in [5, 5.41) is 2.18. The minimum Gasteiger partial charge on any atom is -0.368 e. The molecule has 3 N–H and O–H groups in total. The average Bonchev–Trinajstić information content (AvgIpc) is 2.71. The Balaban J connectivity index is 2.06. The van der Waals surface area contributed by atoms with Gasteiger partial charge in [-0.3, -0.25) is 4.79 Å². The second-order valence-electron chi connectivity index (χ2n) is 8.52. The molecular weight excluding hydrogens is 495 g/mol. The zero-order valence-corrected chi connectivity index (χ0v) is 19.8. The third-order valence-electron chi connectivity index (χ3n) is 4.86. The van der Waals surface area contributed by atoms with E-state index in [9.17, 15) is 18.0 Å². The van der Waals surface area contributed by atoms with Gasteiger partial charge in [-0.2, -0.15) is 13.2 Å². The Bertz CT molecular complexity index is 1260. The highest BCUT2D eigenvalue weighted by molar-refractivity contribution is 6.33. The molecule has 0 aliphatic carbocycles. The maximum absolute atomic E-state index is 15.4. The molecule has 34 heavy (non-hydrogen) atoms. The van der Waals surface area contributed by atoms with Gasteiger partial charge in [0.1, 0.15) is 5.82 Å². The third-order valence-corrected chi connectivity index (χ3v) is 5.50. The van der Waals surface area contributed by atoms with Crippen LogP contribution in [-0.4, -0.2) is 15.9 Å². The van der Waals surface area contributed by atoms with Gasteiger partial charge >= 0.3 is 6.18 Å². The van der Waals surface area contributed by atoms with Crippen LogP contribution in [0.1, 0.15) is 31.9 Å². The number of carbonyl (C=O) groups excluding carboxylic acids is 1. The molecule has 180 valence electrons. The molecule has 1 amide bonds. The van der Waals surface area contributed by atoms with Gasteiger partial charge in [-0.05, 0) is 24.3 Å². The summed E-state index contributed by atoms with van der Waals surface area (Å²) in [6.45, 7) is 5.06. The van der Waals surface area contributed by atoms with Crippen LogP contribution >= 0.6 is 23.2 Å². The van der Waals surface area contributed by atoms with E-state index in [4.69, 9.17) is 28.9 Å². The number of benzene rings is 2. The number of alkyl halides is 3. The highest BCUT2D eigenvalue weighted by atomic mass is 35.5. The van der Waals surface area contributed by atoms with Crippen molar-refractivity contribution >= 4 is 35.1 Å². The molecule has 0 fully saturated rings. The predicted molar refractivity (Wildman–Crippen MR) is 124 cm³/mol. The number of anilines is 1. The molecule has 2 aromatic carbocycles. The van der Waals surface area contributed by atoms with Crippen LogP contribution in [0.3, 0.4) is 0 Å². The number of nitrogens with zero attached hydrogens (tertiary/aromatic N) is 2. The second-order valence-corrected chi connectivity index (χ2v) is 9.33. The first kappa shape index (κ1) is 25.7. The van der Waals surface area contributed by atoms with Crippen LogP contribution in [0.15, 0.2) is 36.4 Å². The molecule has 1 aromatic heterocycles. The van der Waals surface area contributed by atoms with Crippen LogP contribution in [0.5, 0.6) is 0 Å². The molecule has 0 aliphatic heterocycles. The average molecular weight is 515 g/mol. The second kappa shape index (κ2) is 9.38. The van der Waals surface area contributed by atoms with Crippen molar-refractivity contribution in [1.82, 2.24) is 15.3 Å². The first-order valence-corrected chi connectivity index (χ1v) is 10.7. The van der Waals surface area contributed by atoms with Gasteiger partial charge in [0.2, 0.25) is 11.9 Å². The highest BCUT2D eigenvalue weighted by Gasteiger charge is 2.33. The molecule has 11 heteroatoms. The van der Waals surface area contributed by atoms with Crippen molar-refractivity contribution in [2.24, 2.45) is 5.41 Å². The summed E-state index contributed by atoms with van der Waals surface area (Å²) in [5.74, 6) is -1.32. The standard InChI is InChI=1S/C23H20Cl2F4N4O/c1-22(2,3)20(34)31-10-12-5-7-15(25)18(19(12)26)17-9-16(32-21(30)33-17)11-4-6-14(24)13(8-11)23(27,28)29/h4-9H,10H2,1-3H3,(H,31,34)(H2,30,32,33). The molecule has 1 heterocycles. The van der Waals surface area contributed by atoms with Gasteiger partial charge in [0.05, 0.1) is 32.6 Å². The first-order chi connectivity index (χ1) is 15.7. The molecule has 0 bridgehead atoms. The number of nitrogens with one attached hydrogen (secondary N) is 1. The maximum atomic E-state index is 15.4. The summed E-state index contributed by atoms with van der Waals surface area (Å²) < 4.78 is 55.2. The van der Waals surface area contributed by atoms with Crippen LogP contribution in [0.4, 0.5) is 23.5 Å². The van der Waals surface area contributed by atoms with E-state index in [1.807, 2.05) is 0 Å². The number of nitrogens with two attached hydrogens (primary N) is 1. The molecular formula is C23H20Cl2F4N4O. The fraction of sp³-hybridized carbons (Fsp3) is 0.261. The summed E-state index contributed by atoms with van der Waals surface area (Å²) in [6, 6.07) is 7.38. The quantitative estimate of drug-likeness (QED) is 0.388. The van der Waals surface area contributed by atoms with Crippen LogP contribution in [-0.2, 0) is 17.5 Å². The number of carbonyl (C=O) groups is 1. The van der Waals surface area contributed by atoms with Crippen molar-refractivity contribution in [2.75, 3.05) is 5.73 Å². The molecule has 0 unspecified atom stereocenters. The van der Waals surface area contributed by atoms with Crippen molar-refractivity contribution in [1.29, 1.82) is 0 Å². The molecule has 3 rings (SSSR count). The van der Waals surface area contributed by atoms with E-state index in [0.29, 0.717) is 0 Å². The summed E-state index contributed by atoms with van der Waals surface area (Å²) in [6.07, 6.45) is -4.68. The maximum Gasteiger partial charge on any atom is 0.417 e. The Kier molecular flexibility index (Phi) is 7.10. The van der Waals surface area contributed by atoms with Crippen molar-refractivity contribution in [3.05, 3.63) is 63.4 Å². The topological polar surface area (TPSA) is 80.9 Å². The molecule has 5 nitrogen and oxygen atoms in total. The Morgan fingerprint density at radius 3 is 2.24 bits per heavy atom. The summed E-state index contributed by atoms with van der Waals surface area (Å²) in [4.78, 5) is 20.2. The Morgan fingerprint density at radius 2 is 1.62 bits per heavy atom. The van der Waals surface area contributed by atoms with Crippen molar-refractivity contribution in [3.63, 3.8) is 0 Å². The SMILES string of the molecule is CC(C)(C)C(=O)NCc1ccc(Cl)c(-c2cc(-c3ccc(Cl)c(C(F)(F)F)c3)nc(N)n2)c1F. The van der Waals surface area contributed by atoms with Crippen LogP contribution in [0.2, 0.25) is 10.0 Å². The Labute approximate surface area is 203 Å². The summed E-state index contributed by atoms with van der Waals surface area (Å²) >= 11 is 11.9. The first-order valence-electron chi connectivity index (χ1n) is 9.95. The summed E-state index contributed by atoms with van der Waals surface area (Å²) in [5.41, 5.74) is 4.12. The van der Waals surface area contributed by atoms with Gasteiger partial charge < -0.3 is 11.1 Å². The lowest BCUT2D eigenvalue weighted by Gasteiger charge is -2.18. The molecule has 0 radical (unpaired) electrons. The van der Waals surface area contributed by atoms with E-state index >= 15 is 4.39 Å². The fourth-order valence-electron chi connectivity index (χ4n) is 3.05. The number of hydrogen-bond donors (Lipinski definition) is 2. The number of nitrogen functional groups attached to an aromatic ring is 1. The number of halogens is 6. The van der Waals surface area contributed by atoms with E-state index in [-0.39, 0.29) is 51.5 Å². The molecule has 3 aromatic rings. The number of hydrogen-bond acceptors (Lipinski definition) is 4. The van der Waals surface area contributed by atoms with Crippen molar-refractivity contribution < 1.29 is 22.4 Å². The van der Waals surface area contributed by atoms with E-state index in [2.05, 4.69) is 15.3 Å². The molecule has 0 saturated heterocycles. The van der Waals surface area contributed by atoms with Gasteiger partial charge in [-0.25, -0.2) is 14.4 Å². The number of amides is 1. The monoisotopic (exact) mass is 514 g/mol. The van der Waals surface area contributed by atoms with Gasteiger partial charge in [-0.15, -0.1) is 0 Å². The van der Waals surface area contributed by atoms with Crippen LogP contribution < -0.4 is 11.1 Å². The number of aromatic nitrogens is 2. The minimum atomic E-state index is -4.68. The lowest BCUT2D eigenvalue weighted by molar-refractivity contribution is -0.137. The van der Waals surface area contributed by atoms with E-state index in [0.717, 1.165) is 12.1 Å². The third kappa shape index (κ3) is 5.59. The van der Waals surface area contributed by atoms with Gasteiger partial charge in [0.15, 0.2) is 0 Å². The van der Waals surface area contributed by atoms with Crippen LogP contribution in [0, 0.1) is 11.2 Å². The summed E-state index contributed by atoms with van der Waals surface area (Å²) in [7, 11) is 0. The minimum absolute atomic E-state index is 0.000431. The van der Waals surface area contributed by atoms with Crippen LogP contribution in [0.25, 0.3) is 22.5 Å². The smallest absolute Gasteiger partial charge is 0.368 e. The Hall–Kier alpha value is -2.91. The van der Waals surface area contributed by atoms with E-state index in [1.165, 1.54) is 24.3 Å². The Morgan fingerprint density at radius 1 is 1.00 bits per heavy atom. The highest BCUT2D eigenvalue weighted by Crippen LogP contribution is 2.38. The zero-order valence-electron chi connectivity index (χ0n) is 18.3. The lowest BCUT2D eigenvalue weighted by atomic mass is 9.95. The fourth-order valence-corrected chi connectivity index (χ4v) is 3.52. The number of rotatable bonds is 4. The lowest BCUT2D eigenvalue weighted by Crippen LogP contribution is -2.34.